The van der Waals surface area contributed by atoms with Gasteiger partial charge in [0.15, 0.2) is 0 Å². The SMILES string of the molecule is CC(=O)N1CCN(C(=O)CS(=O)c2ccc3oc4ccc(Cl)cc4c3c2)CC1. The molecule has 0 saturated carbocycles. The van der Waals surface area contributed by atoms with E-state index in [0.29, 0.717) is 47.3 Å². The summed E-state index contributed by atoms with van der Waals surface area (Å²) in [6, 6.07) is 10.7. The van der Waals surface area contributed by atoms with E-state index in [2.05, 4.69) is 0 Å². The van der Waals surface area contributed by atoms with Gasteiger partial charge in [0.25, 0.3) is 0 Å². The number of carbonyl (C=O) groups excluding carboxylic acids is 2. The van der Waals surface area contributed by atoms with Crippen LogP contribution in [0.1, 0.15) is 6.92 Å². The van der Waals surface area contributed by atoms with Gasteiger partial charge in [0.1, 0.15) is 16.9 Å². The Bertz CT molecular complexity index is 1100. The van der Waals surface area contributed by atoms with Gasteiger partial charge in [-0.2, -0.15) is 0 Å². The van der Waals surface area contributed by atoms with Crippen molar-refractivity contribution in [3.8, 4) is 0 Å². The summed E-state index contributed by atoms with van der Waals surface area (Å²) >= 11 is 6.09. The van der Waals surface area contributed by atoms with Gasteiger partial charge in [-0.05, 0) is 36.4 Å². The quantitative estimate of drug-likeness (QED) is 0.655. The molecule has 146 valence electrons. The van der Waals surface area contributed by atoms with E-state index in [9.17, 15) is 13.8 Å². The van der Waals surface area contributed by atoms with Gasteiger partial charge in [-0.3, -0.25) is 13.8 Å². The maximum atomic E-state index is 12.8. The largest absolute Gasteiger partial charge is 0.456 e. The van der Waals surface area contributed by atoms with Gasteiger partial charge in [-0.1, -0.05) is 11.6 Å². The normalized spacial score (nSPS) is 15.9. The minimum Gasteiger partial charge on any atom is -0.456 e. The molecule has 2 amide bonds. The third kappa shape index (κ3) is 3.64. The summed E-state index contributed by atoms with van der Waals surface area (Å²) in [7, 11) is -1.47. The van der Waals surface area contributed by atoms with Gasteiger partial charge in [0.2, 0.25) is 11.8 Å². The molecule has 1 atom stereocenters. The highest BCUT2D eigenvalue weighted by molar-refractivity contribution is 7.85. The molecule has 0 aliphatic carbocycles. The number of rotatable bonds is 3. The fourth-order valence-electron chi connectivity index (χ4n) is 3.43. The lowest BCUT2D eigenvalue weighted by molar-refractivity contribution is -0.136. The summed E-state index contributed by atoms with van der Waals surface area (Å²) < 4.78 is 18.6. The van der Waals surface area contributed by atoms with Crippen LogP contribution < -0.4 is 0 Å². The van der Waals surface area contributed by atoms with E-state index < -0.39 is 10.8 Å². The second-order valence-electron chi connectivity index (χ2n) is 6.78. The first-order chi connectivity index (χ1) is 13.4. The van der Waals surface area contributed by atoms with Crippen molar-refractivity contribution in [3.63, 3.8) is 0 Å². The first-order valence-corrected chi connectivity index (χ1v) is 10.7. The zero-order valence-corrected chi connectivity index (χ0v) is 16.9. The maximum Gasteiger partial charge on any atom is 0.235 e. The number of hydrogen-bond donors (Lipinski definition) is 0. The summed E-state index contributed by atoms with van der Waals surface area (Å²) in [5.41, 5.74) is 1.39. The van der Waals surface area contributed by atoms with E-state index in [-0.39, 0.29) is 17.6 Å². The first kappa shape index (κ1) is 19.0. The highest BCUT2D eigenvalue weighted by atomic mass is 35.5. The molecule has 4 rings (SSSR count). The average molecular weight is 419 g/mol. The lowest BCUT2D eigenvalue weighted by atomic mass is 10.1. The van der Waals surface area contributed by atoms with Crippen LogP contribution in [-0.4, -0.2) is 57.8 Å². The zero-order valence-electron chi connectivity index (χ0n) is 15.3. The molecular formula is C20H19ClN2O4S. The number of furan rings is 1. The van der Waals surface area contributed by atoms with Gasteiger partial charge in [0.05, 0.1) is 10.8 Å². The number of amides is 2. The van der Waals surface area contributed by atoms with Crippen LogP contribution in [0.2, 0.25) is 5.02 Å². The Labute approximate surface area is 169 Å². The van der Waals surface area contributed by atoms with Crippen LogP contribution in [0.25, 0.3) is 21.9 Å². The summed E-state index contributed by atoms with van der Waals surface area (Å²) in [4.78, 5) is 27.9. The van der Waals surface area contributed by atoms with E-state index >= 15 is 0 Å². The summed E-state index contributed by atoms with van der Waals surface area (Å²) in [6.07, 6.45) is 0. The molecule has 1 saturated heterocycles. The molecule has 1 aromatic heterocycles. The number of benzene rings is 2. The molecule has 28 heavy (non-hydrogen) atoms. The molecule has 8 heteroatoms. The van der Waals surface area contributed by atoms with Gasteiger partial charge in [0, 0.05) is 53.8 Å². The van der Waals surface area contributed by atoms with Crippen molar-refractivity contribution in [1.29, 1.82) is 0 Å². The molecule has 3 aromatic rings. The van der Waals surface area contributed by atoms with Crippen LogP contribution in [0, 0.1) is 0 Å². The van der Waals surface area contributed by atoms with E-state index in [0.717, 1.165) is 10.8 Å². The standard InChI is InChI=1S/C20H19ClN2O4S/c1-13(24)22-6-8-23(9-7-22)20(25)12-28(26)15-3-5-19-17(11-15)16-10-14(21)2-4-18(16)27-19/h2-5,10-11H,6-9,12H2,1H3. The van der Waals surface area contributed by atoms with Crippen molar-refractivity contribution in [2.24, 2.45) is 0 Å². The average Bonchev–Trinajstić information content (AvgIpc) is 3.05. The second kappa shape index (κ2) is 7.56. The number of piperazine rings is 1. The Hall–Kier alpha value is -2.38. The predicted octanol–water partition coefficient (Wildman–Crippen LogP) is 3.04. The van der Waals surface area contributed by atoms with Crippen LogP contribution in [0.4, 0.5) is 0 Å². The Morgan fingerprint density at radius 2 is 1.61 bits per heavy atom. The van der Waals surface area contributed by atoms with Crippen molar-refractivity contribution in [3.05, 3.63) is 41.4 Å². The van der Waals surface area contributed by atoms with Gasteiger partial charge < -0.3 is 14.2 Å². The summed E-state index contributed by atoms with van der Waals surface area (Å²) in [5, 5.41) is 2.28. The predicted molar refractivity (Wildman–Crippen MR) is 109 cm³/mol. The summed E-state index contributed by atoms with van der Waals surface area (Å²) in [5.74, 6) is -0.236. The number of hydrogen-bond acceptors (Lipinski definition) is 4. The number of nitrogens with zero attached hydrogens (tertiary/aromatic N) is 2. The van der Waals surface area contributed by atoms with E-state index in [1.807, 2.05) is 6.07 Å². The van der Waals surface area contributed by atoms with Crippen molar-refractivity contribution in [2.45, 2.75) is 11.8 Å². The van der Waals surface area contributed by atoms with Crippen molar-refractivity contribution in [1.82, 2.24) is 9.80 Å². The lowest BCUT2D eigenvalue weighted by Crippen LogP contribution is -2.51. The topological polar surface area (TPSA) is 70.8 Å². The van der Waals surface area contributed by atoms with Gasteiger partial charge >= 0.3 is 0 Å². The smallest absolute Gasteiger partial charge is 0.235 e. The molecule has 1 unspecified atom stereocenters. The number of halogens is 1. The minimum absolute atomic E-state index is 0.0106. The lowest BCUT2D eigenvalue weighted by Gasteiger charge is -2.34. The van der Waals surface area contributed by atoms with Crippen molar-refractivity contribution in [2.75, 3.05) is 31.9 Å². The number of fused-ring (bicyclic) bond motifs is 3. The third-order valence-corrected chi connectivity index (χ3v) is 6.52. The zero-order chi connectivity index (χ0) is 19.8. The molecule has 0 N–H and O–H groups in total. The van der Waals surface area contributed by atoms with Crippen LogP contribution >= 0.6 is 11.6 Å². The van der Waals surface area contributed by atoms with Crippen LogP contribution in [0.15, 0.2) is 45.7 Å². The molecule has 0 radical (unpaired) electrons. The van der Waals surface area contributed by atoms with Gasteiger partial charge in [-0.15, -0.1) is 0 Å². The molecular weight excluding hydrogens is 400 g/mol. The Kier molecular flexibility index (Phi) is 5.12. The first-order valence-electron chi connectivity index (χ1n) is 8.96. The molecule has 0 spiro atoms. The third-order valence-electron chi connectivity index (χ3n) is 5.00. The summed E-state index contributed by atoms with van der Waals surface area (Å²) in [6.45, 7) is 3.50. The molecule has 1 aliphatic heterocycles. The minimum atomic E-state index is -1.47. The monoisotopic (exact) mass is 418 g/mol. The molecule has 6 nitrogen and oxygen atoms in total. The van der Waals surface area contributed by atoms with E-state index in [1.165, 1.54) is 6.92 Å². The second-order valence-corrected chi connectivity index (χ2v) is 8.66. The van der Waals surface area contributed by atoms with E-state index in [4.69, 9.17) is 16.0 Å². The van der Waals surface area contributed by atoms with E-state index in [1.54, 1.807) is 40.1 Å². The fourth-order valence-corrected chi connectivity index (χ4v) is 4.64. The van der Waals surface area contributed by atoms with Crippen LogP contribution in [0.3, 0.4) is 0 Å². The Balaban J connectivity index is 1.51. The molecule has 0 bridgehead atoms. The van der Waals surface area contributed by atoms with Crippen molar-refractivity contribution < 1.29 is 18.2 Å². The molecule has 2 aromatic carbocycles. The van der Waals surface area contributed by atoms with Crippen molar-refractivity contribution >= 4 is 56.2 Å². The highest BCUT2D eigenvalue weighted by Gasteiger charge is 2.24. The van der Waals surface area contributed by atoms with Gasteiger partial charge in [-0.25, -0.2) is 0 Å². The number of carbonyl (C=O) groups is 2. The Morgan fingerprint density at radius 3 is 2.29 bits per heavy atom. The molecule has 2 heterocycles. The fraction of sp³-hybridized carbons (Fsp3) is 0.300. The highest BCUT2D eigenvalue weighted by Crippen LogP contribution is 2.32. The maximum absolute atomic E-state index is 12.8. The molecule has 1 aliphatic rings. The molecule has 1 fully saturated rings. The Morgan fingerprint density at radius 1 is 1.00 bits per heavy atom. The van der Waals surface area contributed by atoms with Crippen LogP contribution in [0.5, 0.6) is 0 Å². The van der Waals surface area contributed by atoms with Crippen LogP contribution in [-0.2, 0) is 20.4 Å².